The normalized spacial score (nSPS) is 12.4. The second kappa shape index (κ2) is 10.1. The number of aryl methyl sites for hydroxylation is 4. The van der Waals surface area contributed by atoms with E-state index in [1.54, 1.807) is 13.8 Å². The predicted molar refractivity (Wildman–Crippen MR) is 129 cm³/mol. The molecular formula is C26H30N2O3S. The van der Waals surface area contributed by atoms with Crippen LogP contribution in [-0.4, -0.2) is 20.4 Å². The van der Waals surface area contributed by atoms with Crippen LogP contribution < -0.4 is 10.0 Å². The van der Waals surface area contributed by atoms with E-state index in [0.29, 0.717) is 16.8 Å². The van der Waals surface area contributed by atoms with Gasteiger partial charge < -0.3 is 5.32 Å². The summed E-state index contributed by atoms with van der Waals surface area (Å²) in [4.78, 5) is 13.4. The molecule has 0 bridgehead atoms. The Hall–Kier alpha value is -2.96. The van der Waals surface area contributed by atoms with Crippen LogP contribution in [0, 0.1) is 20.8 Å². The molecule has 0 spiro atoms. The van der Waals surface area contributed by atoms with Crippen LogP contribution in [0.4, 0.5) is 5.69 Å². The molecule has 0 radical (unpaired) electrons. The molecule has 0 saturated heterocycles. The van der Waals surface area contributed by atoms with Crippen molar-refractivity contribution in [2.45, 2.75) is 51.5 Å². The van der Waals surface area contributed by atoms with Gasteiger partial charge in [0.2, 0.25) is 15.9 Å². The van der Waals surface area contributed by atoms with Crippen LogP contribution in [0.3, 0.4) is 0 Å². The molecular weight excluding hydrogens is 420 g/mol. The Bertz CT molecular complexity index is 1160. The van der Waals surface area contributed by atoms with E-state index in [0.717, 1.165) is 23.1 Å². The van der Waals surface area contributed by atoms with E-state index >= 15 is 0 Å². The third-order valence-electron chi connectivity index (χ3n) is 5.40. The van der Waals surface area contributed by atoms with E-state index in [-0.39, 0.29) is 11.3 Å². The van der Waals surface area contributed by atoms with Gasteiger partial charge >= 0.3 is 0 Å². The van der Waals surface area contributed by atoms with E-state index < -0.39 is 22.0 Å². The molecule has 3 rings (SSSR count). The molecule has 1 unspecified atom stereocenters. The number of nitrogens with one attached hydrogen (secondary N) is 2. The summed E-state index contributed by atoms with van der Waals surface area (Å²) >= 11 is 0. The van der Waals surface area contributed by atoms with Crippen LogP contribution in [-0.2, 0) is 27.7 Å². The number of anilines is 1. The second-order valence-electron chi connectivity index (χ2n) is 8.13. The van der Waals surface area contributed by atoms with Gasteiger partial charge in [-0.15, -0.1) is 0 Å². The summed E-state index contributed by atoms with van der Waals surface area (Å²) < 4.78 is 29.3. The quantitative estimate of drug-likeness (QED) is 0.522. The van der Waals surface area contributed by atoms with Crippen molar-refractivity contribution in [1.29, 1.82) is 0 Å². The van der Waals surface area contributed by atoms with Crippen molar-refractivity contribution in [3.05, 3.63) is 94.5 Å². The maximum atomic E-state index is 13.3. The fourth-order valence-electron chi connectivity index (χ4n) is 3.93. The van der Waals surface area contributed by atoms with Crippen molar-refractivity contribution in [3.8, 4) is 0 Å². The number of sulfonamides is 1. The maximum absolute atomic E-state index is 13.3. The van der Waals surface area contributed by atoms with Gasteiger partial charge in [0.25, 0.3) is 0 Å². The fourth-order valence-corrected chi connectivity index (χ4v) is 5.58. The molecule has 1 atom stereocenters. The lowest BCUT2D eigenvalue weighted by Gasteiger charge is -2.21. The lowest BCUT2D eigenvalue weighted by molar-refractivity contribution is -0.117. The highest BCUT2D eigenvalue weighted by Crippen LogP contribution is 2.22. The Kier molecular flexibility index (Phi) is 7.48. The lowest BCUT2D eigenvalue weighted by atomic mass is 10.1. The Labute approximate surface area is 190 Å². The first-order valence-corrected chi connectivity index (χ1v) is 12.2. The van der Waals surface area contributed by atoms with Crippen LogP contribution in [0.2, 0.25) is 0 Å². The van der Waals surface area contributed by atoms with Gasteiger partial charge in [0, 0.05) is 5.69 Å². The van der Waals surface area contributed by atoms with Crippen molar-refractivity contribution in [1.82, 2.24) is 4.72 Å². The SMILES string of the molecule is CCc1ccc(NC(=O)C(Cc2ccccc2)NS(=O)(=O)c2c(C)cc(C)cc2C)cc1. The van der Waals surface area contributed by atoms with E-state index in [1.807, 2.05) is 73.7 Å². The zero-order valence-electron chi connectivity index (χ0n) is 19.0. The summed E-state index contributed by atoms with van der Waals surface area (Å²) in [6.45, 7) is 7.54. The minimum Gasteiger partial charge on any atom is -0.325 e. The zero-order valence-corrected chi connectivity index (χ0v) is 19.8. The molecule has 0 aromatic heterocycles. The molecule has 168 valence electrons. The Morgan fingerprint density at radius 1 is 0.875 bits per heavy atom. The van der Waals surface area contributed by atoms with E-state index in [9.17, 15) is 13.2 Å². The average molecular weight is 451 g/mol. The Morgan fingerprint density at radius 2 is 1.47 bits per heavy atom. The molecule has 5 nitrogen and oxygen atoms in total. The molecule has 0 fully saturated rings. The first-order valence-electron chi connectivity index (χ1n) is 10.7. The molecule has 0 aliphatic heterocycles. The molecule has 2 N–H and O–H groups in total. The van der Waals surface area contributed by atoms with Crippen molar-refractivity contribution < 1.29 is 13.2 Å². The van der Waals surface area contributed by atoms with Gasteiger partial charge in [-0.1, -0.05) is 67.1 Å². The van der Waals surface area contributed by atoms with Crippen LogP contribution in [0.1, 0.15) is 34.7 Å². The molecule has 1 amide bonds. The molecule has 0 heterocycles. The molecule has 0 aliphatic carbocycles. The van der Waals surface area contributed by atoms with Crippen molar-refractivity contribution in [3.63, 3.8) is 0 Å². The van der Waals surface area contributed by atoms with Crippen molar-refractivity contribution >= 4 is 21.6 Å². The van der Waals surface area contributed by atoms with E-state index in [2.05, 4.69) is 17.0 Å². The van der Waals surface area contributed by atoms with Crippen LogP contribution in [0.5, 0.6) is 0 Å². The Morgan fingerprint density at radius 3 is 2.03 bits per heavy atom. The van der Waals surface area contributed by atoms with Gasteiger partial charge in [0.1, 0.15) is 6.04 Å². The maximum Gasteiger partial charge on any atom is 0.242 e. The first-order chi connectivity index (χ1) is 15.2. The van der Waals surface area contributed by atoms with Gasteiger partial charge in [-0.05, 0) is 68.0 Å². The highest BCUT2D eigenvalue weighted by atomic mass is 32.2. The van der Waals surface area contributed by atoms with Crippen molar-refractivity contribution in [2.75, 3.05) is 5.32 Å². The summed E-state index contributed by atoms with van der Waals surface area (Å²) in [7, 11) is -3.92. The summed E-state index contributed by atoms with van der Waals surface area (Å²) in [5.74, 6) is -0.399. The topological polar surface area (TPSA) is 75.3 Å². The number of hydrogen-bond acceptors (Lipinski definition) is 3. The van der Waals surface area contributed by atoms with Crippen molar-refractivity contribution in [2.24, 2.45) is 0 Å². The van der Waals surface area contributed by atoms with E-state index in [4.69, 9.17) is 0 Å². The van der Waals surface area contributed by atoms with Gasteiger partial charge in [-0.2, -0.15) is 4.72 Å². The fraction of sp³-hybridized carbons (Fsp3) is 0.269. The largest absolute Gasteiger partial charge is 0.325 e. The number of carbonyl (C=O) groups excluding carboxylic acids is 1. The number of benzene rings is 3. The number of rotatable bonds is 8. The number of hydrogen-bond donors (Lipinski definition) is 2. The Balaban J connectivity index is 1.90. The molecule has 32 heavy (non-hydrogen) atoms. The molecule has 0 saturated carbocycles. The van der Waals surface area contributed by atoms with Gasteiger partial charge in [0.05, 0.1) is 4.90 Å². The highest BCUT2D eigenvalue weighted by Gasteiger charge is 2.28. The highest BCUT2D eigenvalue weighted by molar-refractivity contribution is 7.89. The predicted octanol–water partition coefficient (Wildman–Crippen LogP) is 4.70. The average Bonchev–Trinajstić information content (AvgIpc) is 2.73. The lowest BCUT2D eigenvalue weighted by Crippen LogP contribution is -2.45. The summed E-state index contributed by atoms with van der Waals surface area (Å²) in [5.41, 5.74) is 4.97. The standard InChI is InChI=1S/C26H30N2O3S/c1-5-21-11-13-23(14-12-21)27-26(29)24(17-22-9-7-6-8-10-22)28-32(30,31)25-19(3)15-18(2)16-20(25)4/h6-16,24,28H,5,17H2,1-4H3,(H,27,29). The monoisotopic (exact) mass is 450 g/mol. The zero-order chi connectivity index (χ0) is 23.3. The molecule has 0 aliphatic rings. The molecule has 3 aromatic rings. The third-order valence-corrected chi connectivity index (χ3v) is 7.18. The smallest absolute Gasteiger partial charge is 0.242 e. The van der Waals surface area contributed by atoms with Gasteiger partial charge in [-0.3, -0.25) is 4.79 Å². The minimum atomic E-state index is -3.92. The van der Waals surface area contributed by atoms with Gasteiger partial charge in [-0.25, -0.2) is 8.42 Å². The third kappa shape index (κ3) is 5.84. The number of carbonyl (C=O) groups is 1. The first kappa shape index (κ1) is 23.7. The summed E-state index contributed by atoms with van der Waals surface area (Å²) in [6, 6.07) is 19.7. The minimum absolute atomic E-state index is 0.223. The second-order valence-corrected chi connectivity index (χ2v) is 9.78. The summed E-state index contributed by atoms with van der Waals surface area (Å²) in [5, 5.41) is 2.86. The van der Waals surface area contributed by atoms with Crippen LogP contribution in [0.25, 0.3) is 0 Å². The van der Waals surface area contributed by atoms with Crippen LogP contribution in [0.15, 0.2) is 71.6 Å². The molecule has 3 aromatic carbocycles. The summed E-state index contributed by atoms with van der Waals surface area (Å²) in [6.07, 6.45) is 1.14. The molecule has 6 heteroatoms. The number of amides is 1. The van der Waals surface area contributed by atoms with Gasteiger partial charge in [0.15, 0.2) is 0 Å². The van der Waals surface area contributed by atoms with Crippen LogP contribution >= 0.6 is 0 Å². The van der Waals surface area contributed by atoms with E-state index in [1.165, 1.54) is 0 Å².